The molecule has 1 aliphatic carbocycles. The van der Waals surface area contributed by atoms with Crippen molar-refractivity contribution in [2.24, 2.45) is 5.73 Å². The van der Waals surface area contributed by atoms with Gasteiger partial charge in [-0.3, -0.25) is 4.79 Å². The monoisotopic (exact) mass is 137 g/mol. The van der Waals surface area contributed by atoms with E-state index in [1.165, 1.54) is 0 Å². The van der Waals surface area contributed by atoms with Crippen molar-refractivity contribution in [2.75, 3.05) is 0 Å². The molecule has 2 nitrogen and oxygen atoms in total. The second-order valence-electron chi connectivity index (χ2n) is 2.52. The number of allylic oxidation sites excluding steroid dienone is 2. The number of hydrogen-bond acceptors (Lipinski definition) is 2. The quantitative estimate of drug-likeness (QED) is 0.551. The van der Waals surface area contributed by atoms with E-state index in [0.717, 1.165) is 18.4 Å². The average Bonchev–Trinajstić information content (AvgIpc) is 2.15. The highest BCUT2D eigenvalue weighted by atomic mass is 16.1. The van der Waals surface area contributed by atoms with Crippen LogP contribution in [0.1, 0.15) is 19.3 Å². The number of rotatable bonds is 1. The van der Waals surface area contributed by atoms with Gasteiger partial charge in [-0.05, 0) is 24.5 Å². The second-order valence-corrected chi connectivity index (χ2v) is 2.52. The van der Waals surface area contributed by atoms with E-state index in [1.807, 2.05) is 0 Å². The fourth-order valence-electron chi connectivity index (χ4n) is 1.12. The van der Waals surface area contributed by atoms with Gasteiger partial charge in [-0.15, -0.1) is 0 Å². The Hall–Kier alpha value is -1.05. The third kappa shape index (κ3) is 1.47. The highest BCUT2D eigenvalue weighted by Crippen LogP contribution is 2.20. The van der Waals surface area contributed by atoms with Gasteiger partial charge in [0.2, 0.25) is 0 Å². The Morgan fingerprint density at radius 3 is 2.70 bits per heavy atom. The Morgan fingerprint density at radius 1 is 1.60 bits per heavy atom. The first-order chi connectivity index (χ1) is 4.70. The Kier molecular flexibility index (Phi) is 1.90. The molecule has 1 rings (SSSR count). The van der Waals surface area contributed by atoms with Crippen LogP contribution in [0.15, 0.2) is 23.9 Å². The molecule has 54 valence electrons. The van der Waals surface area contributed by atoms with Gasteiger partial charge in [-0.25, -0.2) is 0 Å². The van der Waals surface area contributed by atoms with Crippen molar-refractivity contribution >= 4 is 5.78 Å². The van der Waals surface area contributed by atoms with E-state index in [4.69, 9.17) is 5.73 Å². The molecule has 0 atom stereocenters. The summed E-state index contributed by atoms with van der Waals surface area (Å²) in [5, 5.41) is 0. The first-order valence-corrected chi connectivity index (χ1v) is 3.38. The lowest BCUT2D eigenvalue weighted by atomic mass is 10.2. The van der Waals surface area contributed by atoms with E-state index in [0.29, 0.717) is 12.1 Å². The Morgan fingerprint density at radius 2 is 2.30 bits per heavy atom. The van der Waals surface area contributed by atoms with Crippen molar-refractivity contribution in [3.8, 4) is 0 Å². The lowest BCUT2D eigenvalue weighted by Gasteiger charge is -1.91. The summed E-state index contributed by atoms with van der Waals surface area (Å²) in [4.78, 5) is 10.9. The molecule has 0 spiro atoms. The molecule has 0 amide bonds. The Labute approximate surface area is 60.4 Å². The summed E-state index contributed by atoms with van der Waals surface area (Å²) in [5.41, 5.74) is 6.63. The molecule has 2 N–H and O–H groups in total. The van der Waals surface area contributed by atoms with Gasteiger partial charge in [0, 0.05) is 12.1 Å². The molecule has 0 unspecified atom stereocenters. The van der Waals surface area contributed by atoms with Crippen molar-refractivity contribution in [2.45, 2.75) is 19.3 Å². The third-order valence-corrected chi connectivity index (χ3v) is 1.57. The smallest absolute Gasteiger partial charge is 0.158 e. The van der Waals surface area contributed by atoms with Crippen LogP contribution < -0.4 is 5.73 Å². The van der Waals surface area contributed by atoms with Crippen LogP contribution in [0.4, 0.5) is 0 Å². The summed E-state index contributed by atoms with van der Waals surface area (Å²) in [5.74, 6) is 0.228. The molecule has 0 aromatic rings. The van der Waals surface area contributed by atoms with Gasteiger partial charge in [0.1, 0.15) is 0 Å². The topological polar surface area (TPSA) is 43.1 Å². The summed E-state index contributed by atoms with van der Waals surface area (Å²) in [6.07, 6.45) is 4.20. The maximum atomic E-state index is 10.9. The zero-order valence-corrected chi connectivity index (χ0v) is 5.89. The normalized spacial score (nSPS) is 22.0. The fourth-order valence-corrected chi connectivity index (χ4v) is 1.12. The van der Waals surface area contributed by atoms with Gasteiger partial charge in [0.05, 0.1) is 0 Å². The maximum absolute atomic E-state index is 10.9. The zero-order valence-electron chi connectivity index (χ0n) is 5.89. The Bertz CT molecular complexity index is 203. The van der Waals surface area contributed by atoms with Crippen LogP contribution in [0.2, 0.25) is 0 Å². The molecule has 0 saturated heterocycles. The molecule has 0 radical (unpaired) electrons. The first kappa shape index (κ1) is 7.06. The molecule has 2 heteroatoms. The minimum absolute atomic E-state index is 0.228. The number of carbonyl (C=O) groups excluding carboxylic acids is 1. The van der Waals surface area contributed by atoms with Gasteiger partial charge in [0.15, 0.2) is 5.78 Å². The SMILES string of the molecule is C=C(N)C=C1CCCC1=O. The van der Waals surface area contributed by atoms with Crippen molar-refractivity contribution in [1.29, 1.82) is 0 Å². The fraction of sp³-hybridized carbons (Fsp3) is 0.375. The molecular formula is C8H11NO. The zero-order chi connectivity index (χ0) is 7.56. The minimum Gasteiger partial charge on any atom is -0.399 e. The number of nitrogens with two attached hydrogens (primary N) is 1. The van der Waals surface area contributed by atoms with Crippen molar-refractivity contribution in [3.05, 3.63) is 23.9 Å². The molecule has 1 fully saturated rings. The molecule has 0 heterocycles. The summed E-state index contributed by atoms with van der Waals surface area (Å²) in [6.45, 7) is 3.50. The molecule has 0 bridgehead atoms. The van der Waals surface area contributed by atoms with Crippen molar-refractivity contribution in [1.82, 2.24) is 0 Å². The Balaban J connectivity index is 2.72. The highest BCUT2D eigenvalue weighted by Gasteiger charge is 2.15. The average molecular weight is 137 g/mol. The minimum atomic E-state index is 0.228. The highest BCUT2D eigenvalue weighted by molar-refractivity contribution is 5.97. The number of ketones is 1. The summed E-state index contributed by atoms with van der Waals surface area (Å²) < 4.78 is 0. The third-order valence-electron chi connectivity index (χ3n) is 1.57. The molecule has 0 aromatic heterocycles. The van der Waals surface area contributed by atoms with Crippen LogP contribution in [0, 0.1) is 0 Å². The van der Waals surface area contributed by atoms with Gasteiger partial charge in [-0.1, -0.05) is 6.58 Å². The number of hydrogen-bond donors (Lipinski definition) is 1. The van der Waals surface area contributed by atoms with E-state index in [-0.39, 0.29) is 5.78 Å². The van der Waals surface area contributed by atoms with Crippen LogP contribution in [0.5, 0.6) is 0 Å². The molecule has 1 aliphatic rings. The van der Waals surface area contributed by atoms with E-state index < -0.39 is 0 Å². The van der Waals surface area contributed by atoms with E-state index in [2.05, 4.69) is 6.58 Å². The number of Topliss-reactive ketones (excluding diaryl/α,β-unsaturated/α-hetero) is 1. The van der Waals surface area contributed by atoms with E-state index >= 15 is 0 Å². The summed E-state index contributed by atoms with van der Waals surface area (Å²) >= 11 is 0. The van der Waals surface area contributed by atoms with Crippen LogP contribution in [-0.4, -0.2) is 5.78 Å². The summed E-state index contributed by atoms with van der Waals surface area (Å²) in [7, 11) is 0. The van der Waals surface area contributed by atoms with Crippen LogP contribution in [0.3, 0.4) is 0 Å². The lowest BCUT2D eigenvalue weighted by molar-refractivity contribution is -0.114. The van der Waals surface area contributed by atoms with Crippen LogP contribution in [-0.2, 0) is 4.79 Å². The molecular weight excluding hydrogens is 126 g/mol. The number of carbonyl (C=O) groups is 1. The molecule has 0 aromatic carbocycles. The predicted molar refractivity (Wildman–Crippen MR) is 40.3 cm³/mol. The summed E-state index contributed by atoms with van der Waals surface area (Å²) in [6, 6.07) is 0. The largest absolute Gasteiger partial charge is 0.399 e. The predicted octanol–water partition coefficient (Wildman–Crippen LogP) is 1.14. The van der Waals surface area contributed by atoms with Crippen molar-refractivity contribution in [3.63, 3.8) is 0 Å². The van der Waals surface area contributed by atoms with Gasteiger partial charge in [0.25, 0.3) is 0 Å². The van der Waals surface area contributed by atoms with Crippen LogP contribution >= 0.6 is 0 Å². The van der Waals surface area contributed by atoms with E-state index in [9.17, 15) is 4.79 Å². The van der Waals surface area contributed by atoms with Crippen molar-refractivity contribution < 1.29 is 4.79 Å². The van der Waals surface area contributed by atoms with Gasteiger partial charge >= 0.3 is 0 Å². The van der Waals surface area contributed by atoms with Gasteiger partial charge < -0.3 is 5.73 Å². The lowest BCUT2D eigenvalue weighted by Crippen LogP contribution is -1.96. The van der Waals surface area contributed by atoms with Crippen LogP contribution in [0.25, 0.3) is 0 Å². The maximum Gasteiger partial charge on any atom is 0.158 e. The molecule has 1 saturated carbocycles. The standard InChI is InChI=1S/C8H11NO/c1-6(9)5-7-3-2-4-8(7)10/h5H,1-4,9H2. The van der Waals surface area contributed by atoms with Gasteiger partial charge in [-0.2, -0.15) is 0 Å². The molecule has 10 heavy (non-hydrogen) atoms. The molecule has 0 aliphatic heterocycles. The van der Waals surface area contributed by atoms with E-state index in [1.54, 1.807) is 6.08 Å². The first-order valence-electron chi connectivity index (χ1n) is 3.38. The second kappa shape index (κ2) is 2.69.